The van der Waals surface area contributed by atoms with Crippen molar-refractivity contribution in [3.8, 4) is 5.69 Å². The van der Waals surface area contributed by atoms with E-state index in [-0.39, 0.29) is 5.92 Å². The summed E-state index contributed by atoms with van der Waals surface area (Å²) in [7, 11) is 1.84. The van der Waals surface area contributed by atoms with Crippen LogP contribution in [0, 0.1) is 0 Å². The van der Waals surface area contributed by atoms with Crippen molar-refractivity contribution in [2.75, 3.05) is 19.6 Å². The molecule has 2 aromatic heterocycles. The van der Waals surface area contributed by atoms with Crippen LogP contribution in [0.25, 0.3) is 16.6 Å². The molecule has 3 aromatic rings. The molecule has 0 saturated carbocycles. The van der Waals surface area contributed by atoms with Crippen LogP contribution in [0.5, 0.6) is 0 Å². The lowest BCUT2D eigenvalue weighted by atomic mass is 9.89. The van der Waals surface area contributed by atoms with Gasteiger partial charge in [-0.2, -0.15) is 23.4 Å². The molecule has 0 atom stereocenters. The van der Waals surface area contributed by atoms with E-state index in [0.717, 1.165) is 22.2 Å². The summed E-state index contributed by atoms with van der Waals surface area (Å²) in [4.78, 5) is 1.46. The normalized spacial score (nSPS) is 17.1. The fourth-order valence-electron chi connectivity index (χ4n) is 3.75. The van der Waals surface area contributed by atoms with E-state index < -0.39 is 12.7 Å². The van der Waals surface area contributed by atoms with Crippen molar-refractivity contribution in [3.05, 3.63) is 41.3 Å². The third-order valence-corrected chi connectivity index (χ3v) is 5.38. The Bertz CT molecular complexity index is 954. The Hall–Kier alpha value is -2.06. The van der Waals surface area contributed by atoms with Crippen molar-refractivity contribution in [3.63, 3.8) is 0 Å². The van der Waals surface area contributed by atoms with Gasteiger partial charge in [0.25, 0.3) is 0 Å². The molecule has 3 heterocycles. The predicted octanol–water partition coefficient (Wildman–Crippen LogP) is 4.15. The second kappa shape index (κ2) is 6.83. The maximum Gasteiger partial charge on any atom is 0.401 e. The number of hydrogen-bond donors (Lipinski definition) is 0. The number of rotatable bonds is 3. The van der Waals surface area contributed by atoms with Gasteiger partial charge in [-0.3, -0.25) is 9.58 Å². The molecule has 0 radical (unpaired) electrons. The maximum absolute atomic E-state index is 12.6. The summed E-state index contributed by atoms with van der Waals surface area (Å²) in [5.74, 6) is 0.142. The molecular formula is C18H19ClF3N5. The van der Waals surface area contributed by atoms with Gasteiger partial charge in [0.05, 0.1) is 30.7 Å². The molecule has 0 aliphatic carbocycles. The number of aryl methyl sites for hydroxylation is 1. The number of halogens is 4. The van der Waals surface area contributed by atoms with Crippen LogP contribution in [0.15, 0.2) is 30.7 Å². The van der Waals surface area contributed by atoms with Crippen LogP contribution >= 0.6 is 11.6 Å². The third-order valence-electron chi connectivity index (χ3n) is 5.05. The molecule has 0 unspecified atom stereocenters. The zero-order chi connectivity index (χ0) is 19.2. The van der Waals surface area contributed by atoms with Gasteiger partial charge in [-0.25, -0.2) is 4.68 Å². The monoisotopic (exact) mass is 397 g/mol. The molecular weight excluding hydrogens is 379 g/mol. The van der Waals surface area contributed by atoms with Gasteiger partial charge in [0.15, 0.2) is 0 Å². The lowest BCUT2D eigenvalue weighted by molar-refractivity contribution is -0.147. The number of nitrogens with zero attached hydrogens (tertiary/aromatic N) is 5. The Labute approximate surface area is 159 Å². The fourth-order valence-corrected chi connectivity index (χ4v) is 4.08. The SMILES string of the molecule is Cn1cc(-n2ncc3cc(Cl)c(C4CCN(CC(F)(F)F)CC4)cc32)cn1. The highest BCUT2D eigenvalue weighted by atomic mass is 35.5. The van der Waals surface area contributed by atoms with Crippen molar-refractivity contribution < 1.29 is 13.2 Å². The quantitative estimate of drug-likeness (QED) is 0.666. The van der Waals surface area contributed by atoms with E-state index in [1.165, 1.54) is 4.90 Å². The number of fused-ring (bicyclic) bond motifs is 1. The van der Waals surface area contributed by atoms with Crippen molar-refractivity contribution >= 4 is 22.5 Å². The van der Waals surface area contributed by atoms with Crippen LogP contribution in [0.2, 0.25) is 5.02 Å². The molecule has 0 spiro atoms. The number of hydrogen-bond acceptors (Lipinski definition) is 3. The van der Waals surface area contributed by atoms with Gasteiger partial charge in [0.1, 0.15) is 5.69 Å². The molecule has 1 aliphatic rings. The second-order valence-electron chi connectivity index (χ2n) is 7.03. The van der Waals surface area contributed by atoms with E-state index in [0.29, 0.717) is 31.0 Å². The maximum atomic E-state index is 12.6. The van der Waals surface area contributed by atoms with Gasteiger partial charge in [0.2, 0.25) is 0 Å². The minimum absolute atomic E-state index is 0.142. The number of likely N-dealkylation sites (tertiary alicyclic amines) is 1. The molecule has 1 aromatic carbocycles. The summed E-state index contributed by atoms with van der Waals surface area (Å²) in [5.41, 5.74) is 2.74. The zero-order valence-electron chi connectivity index (χ0n) is 14.7. The Morgan fingerprint density at radius 3 is 2.52 bits per heavy atom. The first-order valence-corrected chi connectivity index (χ1v) is 9.13. The molecule has 9 heteroatoms. The lowest BCUT2D eigenvalue weighted by Gasteiger charge is -2.32. The standard InChI is InChI=1S/C18H19ClF3N5/c1-25-10-14(9-23-25)27-17-7-15(16(19)6-13(17)8-24-27)12-2-4-26(5-3-12)11-18(20,21)22/h6-10,12H,2-5,11H2,1H3. The minimum Gasteiger partial charge on any atom is -0.295 e. The summed E-state index contributed by atoms with van der Waals surface area (Å²) in [6.07, 6.45) is 2.51. The second-order valence-corrected chi connectivity index (χ2v) is 7.43. The Kier molecular flexibility index (Phi) is 4.63. The largest absolute Gasteiger partial charge is 0.401 e. The predicted molar refractivity (Wildman–Crippen MR) is 97.3 cm³/mol. The number of alkyl halides is 3. The topological polar surface area (TPSA) is 38.9 Å². The Morgan fingerprint density at radius 1 is 1.15 bits per heavy atom. The molecule has 27 heavy (non-hydrogen) atoms. The molecule has 1 saturated heterocycles. The fraction of sp³-hybridized carbons (Fsp3) is 0.444. The summed E-state index contributed by atoms with van der Waals surface area (Å²) in [6, 6.07) is 3.90. The van der Waals surface area contributed by atoms with E-state index in [9.17, 15) is 13.2 Å². The molecule has 144 valence electrons. The smallest absolute Gasteiger partial charge is 0.295 e. The van der Waals surface area contributed by atoms with E-state index >= 15 is 0 Å². The first-order chi connectivity index (χ1) is 12.8. The van der Waals surface area contributed by atoms with Crippen LogP contribution in [0.1, 0.15) is 24.3 Å². The van der Waals surface area contributed by atoms with Crippen LogP contribution in [0.4, 0.5) is 13.2 Å². The van der Waals surface area contributed by atoms with E-state index in [1.54, 1.807) is 21.8 Å². The van der Waals surface area contributed by atoms with Gasteiger partial charge in [0, 0.05) is 17.5 Å². The third kappa shape index (κ3) is 3.82. The van der Waals surface area contributed by atoms with Gasteiger partial charge < -0.3 is 0 Å². The van der Waals surface area contributed by atoms with Crippen LogP contribution in [-0.4, -0.2) is 50.3 Å². The molecule has 4 rings (SSSR count). The van der Waals surface area contributed by atoms with Crippen molar-refractivity contribution in [2.45, 2.75) is 24.9 Å². The first kappa shape index (κ1) is 18.3. The molecule has 1 aliphatic heterocycles. The summed E-state index contributed by atoms with van der Waals surface area (Å²) in [5, 5.41) is 10.2. The van der Waals surface area contributed by atoms with Gasteiger partial charge in [-0.05, 0) is 49.5 Å². The highest BCUT2D eigenvalue weighted by Crippen LogP contribution is 2.36. The van der Waals surface area contributed by atoms with Crippen molar-refractivity contribution in [2.24, 2.45) is 7.05 Å². The Balaban J connectivity index is 1.60. The number of piperidine rings is 1. The summed E-state index contributed by atoms with van der Waals surface area (Å²) in [6.45, 7) is -0.0128. The summed E-state index contributed by atoms with van der Waals surface area (Å²) >= 11 is 6.49. The lowest BCUT2D eigenvalue weighted by Crippen LogP contribution is -2.39. The Morgan fingerprint density at radius 2 is 1.89 bits per heavy atom. The highest BCUT2D eigenvalue weighted by molar-refractivity contribution is 6.32. The molecule has 0 N–H and O–H groups in total. The molecule has 1 fully saturated rings. The van der Waals surface area contributed by atoms with E-state index in [2.05, 4.69) is 10.2 Å². The number of aromatic nitrogens is 4. The number of benzene rings is 1. The van der Waals surface area contributed by atoms with Crippen LogP contribution in [-0.2, 0) is 7.05 Å². The van der Waals surface area contributed by atoms with Crippen LogP contribution < -0.4 is 0 Å². The minimum atomic E-state index is -4.15. The van der Waals surface area contributed by atoms with E-state index in [4.69, 9.17) is 11.6 Å². The van der Waals surface area contributed by atoms with Gasteiger partial charge in [-0.15, -0.1) is 0 Å². The van der Waals surface area contributed by atoms with Gasteiger partial charge in [-0.1, -0.05) is 11.6 Å². The average Bonchev–Trinajstić information content (AvgIpc) is 3.19. The summed E-state index contributed by atoms with van der Waals surface area (Å²) < 4.78 is 41.3. The first-order valence-electron chi connectivity index (χ1n) is 8.75. The highest BCUT2D eigenvalue weighted by Gasteiger charge is 2.33. The van der Waals surface area contributed by atoms with Gasteiger partial charge >= 0.3 is 6.18 Å². The van der Waals surface area contributed by atoms with E-state index in [1.807, 2.05) is 25.4 Å². The zero-order valence-corrected chi connectivity index (χ0v) is 15.5. The van der Waals surface area contributed by atoms with Crippen molar-refractivity contribution in [1.82, 2.24) is 24.5 Å². The molecule has 5 nitrogen and oxygen atoms in total. The molecule has 0 amide bonds. The average molecular weight is 398 g/mol. The van der Waals surface area contributed by atoms with Crippen LogP contribution in [0.3, 0.4) is 0 Å². The van der Waals surface area contributed by atoms with Crippen molar-refractivity contribution in [1.29, 1.82) is 0 Å². The molecule has 0 bridgehead atoms.